The molecule has 0 amide bonds. The molecule has 0 aliphatic carbocycles. The van der Waals surface area contributed by atoms with Crippen molar-refractivity contribution in [3.63, 3.8) is 0 Å². The Bertz CT molecular complexity index is 417. The maximum atomic E-state index is 12.6. The van der Waals surface area contributed by atoms with Gasteiger partial charge in [0.05, 0.1) is 0 Å². The molecule has 2 heteroatoms. The average Bonchev–Trinajstić information content (AvgIpc) is 2.34. The molecule has 15 heavy (non-hydrogen) atoms. The number of halogens is 1. The quantitative estimate of drug-likeness (QED) is 0.688. The lowest BCUT2D eigenvalue weighted by Crippen LogP contribution is -1.77. The van der Waals surface area contributed by atoms with Gasteiger partial charge in [0.15, 0.2) is 0 Å². The molecule has 0 saturated heterocycles. The van der Waals surface area contributed by atoms with E-state index in [2.05, 4.69) is 6.57 Å². The number of nitrogens with zero attached hydrogens (tertiary/aromatic N) is 1. The highest BCUT2D eigenvalue weighted by atomic mass is 19.1. The number of rotatable bonds is 1. The minimum atomic E-state index is -0.195. The summed E-state index contributed by atoms with van der Waals surface area (Å²) in [6.07, 6.45) is 0. The molecule has 0 N–H and O–H groups in total. The van der Waals surface area contributed by atoms with Crippen molar-refractivity contribution in [3.05, 3.63) is 60.4 Å². The van der Waals surface area contributed by atoms with Crippen LogP contribution < -0.4 is 0 Å². The lowest BCUT2D eigenvalue weighted by molar-refractivity contribution is 0.628. The summed E-state index contributed by atoms with van der Waals surface area (Å²) in [5.41, 5.74) is 2.16. The van der Waals surface area contributed by atoms with Crippen LogP contribution in [-0.4, -0.2) is 0 Å². The van der Waals surface area contributed by atoms with Gasteiger partial charge in [-0.15, -0.1) is 0 Å². The Morgan fingerprint density at radius 2 is 1.20 bits per heavy atom. The van der Waals surface area contributed by atoms with Crippen LogP contribution in [0, 0.1) is 17.7 Å². The first-order valence-electron chi connectivity index (χ1n) is 4.43. The van der Waals surface area contributed by atoms with Gasteiger partial charge in [0, 0.05) is 6.57 Å². The number of benzene rings is 2. The summed E-state index contributed by atoms with van der Waals surface area (Å²) < 4.78 is 12.6. The largest absolute Gasteiger partial charge is 0.207 e. The third-order valence-electron chi connectivity index (χ3n) is 1.95. The zero-order valence-electron chi connectivity index (χ0n) is 8.10. The van der Waals surface area contributed by atoms with Gasteiger partial charge in [-0.1, -0.05) is 42.5 Å². The minimum Gasteiger partial charge on any atom is -0.207 e. The molecule has 1 nitrogen and oxygen atoms in total. The van der Waals surface area contributed by atoms with E-state index in [-0.39, 0.29) is 5.82 Å². The van der Waals surface area contributed by atoms with E-state index in [1.54, 1.807) is 12.1 Å². The Kier molecular flexibility index (Phi) is 4.05. The van der Waals surface area contributed by atoms with Gasteiger partial charge in [-0.2, -0.15) is 0 Å². The standard InChI is InChI=1S/C12H9F.CHN/c13-12-8-6-11(7-9-12)10-4-2-1-3-5-10;1-2/h1-9H;1H. The number of hydrogen-bond acceptors (Lipinski definition) is 1. The first kappa shape index (κ1) is 10.9. The first-order chi connectivity index (χ1) is 7.36. The zero-order chi connectivity index (χ0) is 11.1. The maximum Gasteiger partial charge on any atom is 0.123 e. The van der Waals surface area contributed by atoms with Crippen molar-refractivity contribution in [1.82, 2.24) is 0 Å². The van der Waals surface area contributed by atoms with E-state index in [0.29, 0.717) is 0 Å². The van der Waals surface area contributed by atoms with Crippen LogP contribution in [0.4, 0.5) is 4.39 Å². The van der Waals surface area contributed by atoms with Gasteiger partial charge >= 0.3 is 0 Å². The van der Waals surface area contributed by atoms with Crippen molar-refractivity contribution in [1.29, 1.82) is 5.26 Å². The van der Waals surface area contributed by atoms with Crippen molar-refractivity contribution >= 4 is 0 Å². The summed E-state index contributed by atoms with van der Waals surface area (Å²) in [5, 5.41) is 6.50. The fraction of sp³-hybridized carbons (Fsp3) is 0. The molecule has 2 aromatic carbocycles. The zero-order valence-corrected chi connectivity index (χ0v) is 8.10. The highest BCUT2D eigenvalue weighted by Crippen LogP contribution is 2.18. The fourth-order valence-electron chi connectivity index (χ4n) is 1.27. The van der Waals surface area contributed by atoms with Crippen LogP contribution in [0.5, 0.6) is 0 Å². The topological polar surface area (TPSA) is 23.8 Å². The Morgan fingerprint density at radius 3 is 1.73 bits per heavy atom. The molecule has 0 fully saturated rings. The summed E-state index contributed by atoms with van der Waals surface area (Å²) in [5.74, 6) is -0.195. The van der Waals surface area contributed by atoms with Gasteiger partial charge in [0.1, 0.15) is 5.82 Å². The molecule has 2 rings (SSSR count). The van der Waals surface area contributed by atoms with E-state index in [1.807, 2.05) is 30.3 Å². The third kappa shape index (κ3) is 2.92. The normalized spacial score (nSPS) is 8.73. The number of nitriles is 1. The van der Waals surface area contributed by atoms with E-state index in [1.165, 1.54) is 12.1 Å². The van der Waals surface area contributed by atoms with Crippen LogP contribution in [0.15, 0.2) is 54.6 Å². The molecule has 0 aliphatic heterocycles. The van der Waals surface area contributed by atoms with Crippen LogP contribution in [0.1, 0.15) is 0 Å². The van der Waals surface area contributed by atoms with Gasteiger partial charge < -0.3 is 0 Å². The van der Waals surface area contributed by atoms with Gasteiger partial charge in [0.2, 0.25) is 0 Å². The van der Waals surface area contributed by atoms with Crippen molar-refractivity contribution in [2.75, 3.05) is 0 Å². The second kappa shape index (κ2) is 5.56. The molecule has 0 radical (unpaired) electrons. The average molecular weight is 199 g/mol. The molecule has 2 aromatic rings. The predicted octanol–water partition coefficient (Wildman–Crippen LogP) is 3.63. The molecule has 0 aromatic heterocycles. The van der Waals surface area contributed by atoms with Crippen molar-refractivity contribution in [2.24, 2.45) is 0 Å². The van der Waals surface area contributed by atoms with Crippen LogP contribution >= 0.6 is 0 Å². The predicted molar refractivity (Wildman–Crippen MR) is 58.5 cm³/mol. The van der Waals surface area contributed by atoms with Gasteiger partial charge in [-0.05, 0) is 23.3 Å². The van der Waals surface area contributed by atoms with E-state index >= 15 is 0 Å². The maximum absolute atomic E-state index is 12.6. The highest BCUT2D eigenvalue weighted by Gasteiger charge is 1.95. The highest BCUT2D eigenvalue weighted by molar-refractivity contribution is 5.62. The van der Waals surface area contributed by atoms with Crippen molar-refractivity contribution < 1.29 is 4.39 Å². The first-order valence-corrected chi connectivity index (χ1v) is 4.43. The van der Waals surface area contributed by atoms with E-state index in [9.17, 15) is 4.39 Å². The molecular weight excluding hydrogens is 189 g/mol. The van der Waals surface area contributed by atoms with Crippen molar-refractivity contribution in [3.8, 4) is 17.7 Å². The van der Waals surface area contributed by atoms with Crippen LogP contribution in [0.3, 0.4) is 0 Å². The second-order valence-electron chi connectivity index (χ2n) is 2.87. The molecule has 0 aliphatic rings. The molecule has 0 atom stereocenters. The Hall–Kier alpha value is -2.14. The second-order valence-corrected chi connectivity index (χ2v) is 2.87. The van der Waals surface area contributed by atoms with Crippen LogP contribution in [0.2, 0.25) is 0 Å². The Morgan fingerprint density at radius 1 is 0.733 bits per heavy atom. The Labute approximate surface area is 88.4 Å². The van der Waals surface area contributed by atoms with Gasteiger partial charge in [-0.25, -0.2) is 9.65 Å². The minimum absolute atomic E-state index is 0.195. The summed E-state index contributed by atoms with van der Waals surface area (Å²) >= 11 is 0. The lowest BCUT2D eigenvalue weighted by Gasteiger charge is -1.99. The molecule has 0 heterocycles. The molecule has 74 valence electrons. The number of hydrogen-bond donors (Lipinski definition) is 0. The summed E-state index contributed by atoms with van der Waals surface area (Å²) in [6, 6.07) is 16.4. The SMILES string of the molecule is C#N.Fc1ccc(-c2ccccc2)cc1. The van der Waals surface area contributed by atoms with Crippen LogP contribution in [-0.2, 0) is 0 Å². The Balaban J connectivity index is 0.000000531. The molecule has 0 spiro atoms. The summed E-state index contributed by atoms with van der Waals surface area (Å²) in [6.45, 7) is 3.50. The summed E-state index contributed by atoms with van der Waals surface area (Å²) in [7, 11) is 0. The molecule has 0 saturated carbocycles. The van der Waals surface area contributed by atoms with Gasteiger partial charge in [-0.3, -0.25) is 0 Å². The van der Waals surface area contributed by atoms with E-state index in [4.69, 9.17) is 5.26 Å². The molecular formula is C13H10FN. The van der Waals surface area contributed by atoms with E-state index < -0.39 is 0 Å². The lowest BCUT2D eigenvalue weighted by atomic mass is 10.1. The smallest absolute Gasteiger partial charge is 0.123 e. The molecule has 0 unspecified atom stereocenters. The fourth-order valence-corrected chi connectivity index (χ4v) is 1.27. The van der Waals surface area contributed by atoms with E-state index in [0.717, 1.165) is 11.1 Å². The van der Waals surface area contributed by atoms with Crippen LogP contribution in [0.25, 0.3) is 11.1 Å². The molecule has 0 bridgehead atoms. The summed E-state index contributed by atoms with van der Waals surface area (Å²) in [4.78, 5) is 0. The third-order valence-corrected chi connectivity index (χ3v) is 1.95. The van der Waals surface area contributed by atoms with Crippen molar-refractivity contribution in [2.45, 2.75) is 0 Å². The monoisotopic (exact) mass is 199 g/mol. The van der Waals surface area contributed by atoms with Gasteiger partial charge in [0.25, 0.3) is 0 Å².